The van der Waals surface area contributed by atoms with Gasteiger partial charge in [-0.25, -0.2) is 27.2 Å². The van der Waals surface area contributed by atoms with Gasteiger partial charge in [-0.1, -0.05) is 24.2 Å². The van der Waals surface area contributed by atoms with Crippen LogP contribution < -0.4 is 10.6 Å². The molecule has 1 aromatic carbocycles. The molecule has 0 unspecified atom stereocenters. The third kappa shape index (κ3) is 5.60. The molecule has 0 N–H and O–H groups in total. The van der Waals surface area contributed by atoms with Gasteiger partial charge in [-0.05, 0) is 44.2 Å². The number of aromatic nitrogens is 4. The molecule has 0 saturated carbocycles. The number of ether oxygens (including phenoxy) is 1. The van der Waals surface area contributed by atoms with Gasteiger partial charge in [0.25, 0.3) is 0 Å². The number of carbonyl (C=O) groups is 1. The lowest BCUT2D eigenvalue weighted by Gasteiger charge is -2.40. The molecule has 5 heterocycles. The van der Waals surface area contributed by atoms with Crippen LogP contribution in [0.4, 0.5) is 23.4 Å². The lowest BCUT2D eigenvalue weighted by molar-refractivity contribution is -0.137. The van der Waals surface area contributed by atoms with Crippen molar-refractivity contribution in [3.05, 3.63) is 81.8 Å². The normalized spacial score (nSPS) is 17.4. The first-order valence-electron chi connectivity index (χ1n) is 14.6. The number of anilines is 1. The number of halogens is 5. The van der Waals surface area contributed by atoms with E-state index in [1.54, 1.807) is 16.7 Å². The number of sulfone groups is 1. The second-order valence-corrected chi connectivity index (χ2v) is 14.0. The Kier molecular flexibility index (Phi) is 8.54. The highest BCUT2D eigenvalue weighted by atomic mass is 35.5. The molecule has 4 aromatic rings. The lowest BCUT2D eigenvalue weighted by atomic mass is 10.0. The molecule has 252 valence electrons. The molecule has 1 atom stereocenters. The molecule has 17 heteroatoms. The second-order valence-electron chi connectivity index (χ2n) is 11.4. The van der Waals surface area contributed by atoms with Gasteiger partial charge in [-0.3, -0.25) is 9.78 Å². The zero-order chi connectivity index (χ0) is 34.7. The van der Waals surface area contributed by atoms with E-state index in [1.165, 1.54) is 31.3 Å². The van der Waals surface area contributed by atoms with Crippen LogP contribution in [-0.2, 0) is 25.5 Å². The lowest BCUT2D eigenvalue weighted by Crippen LogP contribution is -2.54. The smallest absolute Gasteiger partial charge is 0.379 e. The first-order chi connectivity index (χ1) is 22.6. The summed E-state index contributed by atoms with van der Waals surface area (Å²) in [5, 5.41) is -1.25. The maximum atomic E-state index is 15.3. The van der Waals surface area contributed by atoms with Gasteiger partial charge in [-0.15, -0.1) is 0 Å². The fourth-order valence-electron chi connectivity index (χ4n) is 5.91. The largest absolute Gasteiger partial charge is 0.417 e. The second kappa shape index (κ2) is 12.2. The van der Waals surface area contributed by atoms with Gasteiger partial charge in [0, 0.05) is 37.4 Å². The topological polar surface area (TPSA) is 128 Å². The quantitative estimate of drug-likeness (QED) is 0.212. The number of hydrogen-bond acceptors (Lipinski definition) is 9. The number of nitrogens with zero attached hydrogens (tertiary/aromatic N) is 6. The third-order valence-electron chi connectivity index (χ3n) is 8.39. The molecule has 1 amide bonds. The molecule has 2 aliphatic heterocycles. The van der Waals surface area contributed by atoms with Crippen LogP contribution in [0.15, 0.2) is 58.9 Å². The SMILES string of the molecule is C=CC(=O)N1CCN(c2nc(=O)n(-c3c(S(=O)(=O)C4COC4)ccnc3C)c3nc(-c4c(F)cccc4C(F)(F)F)c(Cl)cc23)[C@@H](C)C1. The summed E-state index contributed by atoms with van der Waals surface area (Å²) in [5.74, 6) is -1.54. The van der Waals surface area contributed by atoms with Gasteiger partial charge in [0.1, 0.15) is 16.9 Å². The summed E-state index contributed by atoms with van der Waals surface area (Å²) >= 11 is 6.59. The van der Waals surface area contributed by atoms with Crippen molar-refractivity contribution in [3.8, 4) is 16.9 Å². The summed E-state index contributed by atoms with van der Waals surface area (Å²) < 4.78 is 91.1. The Morgan fingerprint density at radius 3 is 2.52 bits per heavy atom. The van der Waals surface area contributed by atoms with Crippen LogP contribution in [0.1, 0.15) is 18.2 Å². The molecular weight excluding hydrogens is 680 g/mol. The van der Waals surface area contributed by atoms with Crippen molar-refractivity contribution in [2.75, 3.05) is 37.7 Å². The number of fused-ring (bicyclic) bond motifs is 1. The van der Waals surface area contributed by atoms with Crippen LogP contribution >= 0.6 is 11.6 Å². The van der Waals surface area contributed by atoms with Crippen molar-refractivity contribution < 1.29 is 35.5 Å². The number of aryl methyl sites for hydroxylation is 1. The zero-order valence-corrected chi connectivity index (χ0v) is 27.0. The molecule has 3 aromatic heterocycles. The molecule has 48 heavy (non-hydrogen) atoms. The van der Waals surface area contributed by atoms with E-state index in [0.29, 0.717) is 6.07 Å². The first-order valence-corrected chi connectivity index (χ1v) is 16.5. The van der Waals surface area contributed by atoms with Gasteiger partial charge in [-0.2, -0.15) is 18.2 Å². The van der Waals surface area contributed by atoms with Crippen molar-refractivity contribution in [2.45, 2.75) is 36.2 Å². The van der Waals surface area contributed by atoms with E-state index in [9.17, 15) is 31.2 Å². The van der Waals surface area contributed by atoms with Crippen LogP contribution in [0.2, 0.25) is 5.02 Å². The molecule has 2 fully saturated rings. The Hall–Kier alpha value is -4.41. The predicted molar refractivity (Wildman–Crippen MR) is 168 cm³/mol. The summed E-state index contributed by atoms with van der Waals surface area (Å²) in [4.78, 5) is 42.3. The number of alkyl halides is 3. The minimum atomic E-state index is -5.01. The van der Waals surface area contributed by atoms with Crippen LogP contribution in [-0.4, -0.2) is 82.9 Å². The number of hydrogen-bond donors (Lipinski definition) is 0. The summed E-state index contributed by atoms with van der Waals surface area (Å²) in [5.41, 5.74) is -4.47. The van der Waals surface area contributed by atoms with Crippen molar-refractivity contribution in [1.82, 2.24) is 24.4 Å². The number of pyridine rings is 2. The van der Waals surface area contributed by atoms with Gasteiger partial charge in [0.2, 0.25) is 5.91 Å². The van der Waals surface area contributed by atoms with E-state index >= 15 is 4.39 Å². The van der Waals surface area contributed by atoms with Crippen molar-refractivity contribution >= 4 is 44.2 Å². The Morgan fingerprint density at radius 1 is 1.17 bits per heavy atom. The molecule has 0 spiro atoms. The molecule has 0 radical (unpaired) electrons. The Balaban J connectivity index is 1.68. The molecule has 0 aliphatic carbocycles. The zero-order valence-electron chi connectivity index (χ0n) is 25.5. The molecule has 6 rings (SSSR count). The summed E-state index contributed by atoms with van der Waals surface area (Å²) in [6.45, 7) is 7.19. The maximum Gasteiger partial charge on any atom is 0.417 e. The summed E-state index contributed by atoms with van der Waals surface area (Å²) in [6.07, 6.45) is -2.58. The monoisotopic (exact) mass is 706 g/mol. The summed E-state index contributed by atoms with van der Waals surface area (Å²) in [6, 6.07) is 4.39. The van der Waals surface area contributed by atoms with E-state index in [2.05, 4.69) is 21.5 Å². The first kappa shape index (κ1) is 33.5. The minimum absolute atomic E-state index is 0.0355. The Labute approximate surface area is 276 Å². The van der Waals surface area contributed by atoms with E-state index in [4.69, 9.17) is 16.3 Å². The van der Waals surface area contributed by atoms with Crippen LogP contribution in [0, 0.1) is 12.7 Å². The molecule has 2 saturated heterocycles. The number of carbonyl (C=O) groups excluding carboxylic acids is 1. The van der Waals surface area contributed by atoms with Gasteiger partial charge < -0.3 is 14.5 Å². The minimum Gasteiger partial charge on any atom is -0.379 e. The summed E-state index contributed by atoms with van der Waals surface area (Å²) in [7, 11) is -4.12. The molecule has 2 aliphatic rings. The number of amides is 1. The highest BCUT2D eigenvalue weighted by Gasteiger charge is 2.39. The fraction of sp³-hybridized carbons (Fsp3) is 0.323. The predicted octanol–water partition coefficient (Wildman–Crippen LogP) is 4.36. The number of benzene rings is 1. The van der Waals surface area contributed by atoms with Gasteiger partial charge in [0.05, 0.1) is 51.2 Å². The van der Waals surface area contributed by atoms with Gasteiger partial charge in [0.15, 0.2) is 15.5 Å². The van der Waals surface area contributed by atoms with Crippen LogP contribution in [0.5, 0.6) is 0 Å². The van der Waals surface area contributed by atoms with Crippen molar-refractivity contribution in [3.63, 3.8) is 0 Å². The molecule has 0 bridgehead atoms. The maximum absolute atomic E-state index is 15.3. The van der Waals surface area contributed by atoms with E-state index in [-0.39, 0.29) is 76.9 Å². The van der Waals surface area contributed by atoms with E-state index < -0.39 is 55.6 Å². The van der Waals surface area contributed by atoms with Crippen molar-refractivity contribution in [2.24, 2.45) is 0 Å². The number of piperazine rings is 1. The molecular formula is C31H27ClF4N6O5S. The van der Waals surface area contributed by atoms with E-state index in [0.717, 1.165) is 16.7 Å². The third-order valence-corrected chi connectivity index (χ3v) is 10.8. The average molecular weight is 707 g/mol. The van der Waals surface area contributed by atoms with Crippen molar-refractivity contribution in [1.29, 1.82) is 0 Å². The standard InChI is InChI=1S/C31H27ClF4N6O5S/c1-4-24(43)40-10-11-41(16(2)13-40)28-19-12-21(32)26(25-20(31(34,35)36)6-5-7-22(25)33)38-29(19)42(30(44)39-28)27-17(3)37-9-8-23(27)48(45,46)18-14-47-15-18/h4-9,12,16,18H,1,10-11,13-15H2,2-3H3/t16-/m0/s1. The fourth-order valence-corrected chi connectivity index (χ4v) is 7.83. The molecule has 11 nitrogen and oxygen atoms in total. The average Bonchev–Trinajstić information content (AvgIpc) is 2.99. The van der Waals surface area contributed by atoms with Crippen LogP contribution in [0.25, 0.3) is 28.0 Å². The Bertz CT molecular complexity index is 2160. The van der Waals surface area contributed by atoms with E-state index in [1.807, 2.05) is 0 Å². The van der Waals surface area contributed by atoms with Crippen LogP contribution in [0.3, 0.4) is 0 Å². The Morgan fingerprint density at radius 2 is 1.90 bits per heavy atom. The van der Waals surface area contributed by atoms with Gasteiger partial charge >= 0.3 is 11.9 Å². The highest BCUT2D eigenvalue weighted by molar-refractivity contribution is 7.92. The number of rotatable bonds is 6. The highest BCUT2D eigenvalue weighted by Crippen LogP contribution is 2.42.